The maximum atomic E-state index is 12.0. The van der Waals surface area contributed by atoms with E-state index in [0.29, 0.717) is 11.0 Å². The Hall–Kier alpha value is -3.42. The number of fused-ring (bicyclic) bond motifs is 1. The Balaban J connectivity index is 1.54. The van der Waals surface area contributed by atoms with Gasteiger partial charge >= 0.3 is 12.1 Å². The minimum atomic E-state index is -0.916. The van der Waals surface area contributed by atoms with E-state index in [1.54, 1.807) is 18.5 Å². The molecule has 4 amide bonds. The molecule has 13 heteroatoms. The van der Waals surface area contributed by atoms with Gasteiger partial charge in [-0.3, -0.25) is 19.3 Å². The number of thiol groups is 1. The summed E-state index contributed by atoms with van der Waals surface area (Å²) in [6.07, 6.45) is 5.48. The number of hydrazine groups is 1. The average molecular weight is 458 g/mol. The number of amides is 4. The zero-order chi connectivity index (χ0) is 22.5. The van der Waals surface area contributed by atoms with Crippen LogP contribution in [0.15, 0.2) is 36.8 Å². The first-order chi connectivity index (χ1) is 15.5. The summed E-state index contributed by atoms with van der Waals surface area (Å²) in [6.45, 7) is 5.08. The van der Waals surface area contributed by atoms with Crippen molar-refractivity contribution in [3.05, 3.63) is 36.8 Å². The standard InChI is InChI=1S/C19H23N9O3S/c20-18(29)24-28(19(30)25-32)17-2-1-15-16(23-17)9-13(10-21-15)14-11-22-27(12-14)4-3-26-5-7-31-8-6-26/h1-2,9-12,32H,3-8H2,(H,25,30)(H3,20,24,29). The summed E-state index contributed by atoms with van der Waals surface area (Å²) >= 11 is 3.73. The Bertz CT molecular complexity index is 1120. The first-order valence-electron chi connectivity index (χ1n) is 9.93. The van der Waals surface area contributed by atoms with Crippen LogP contribution in [0.4, 0.5) is 15.4 Å². The second kappa shape index (κ2) is 9.80. The SMILES string of the molecule is NC(=O)NN(C(=O)NS)c1ccc2ncc(-c3cnn(CCN4CCOCC4)c3)cc2n1. The molecule has 1 aliphatic rings. The number of morpholine rings is 1. The van der Waals surface area contributed by atoms with Gasteiger partial charge in [-0.1, -0.05) is 12.8 Å². The topological polar surface area (TPSA) is 144 Å². The lowest BCUT2D eigenvalue weighted by molar-refractivity contribution is 0.0360. The van der Waals surface area contributed by atoms with E-state index in [1.165, 1.54) is 6.07 Å². The summed E-state index contributed by atoms with van der Waals surface area (Å²) in [7, 11) is 0. The monoisotopic (exact) mass is 457 g/mol. The lowest BCUT2D eigenvalue weighted by Crippen LogP contribution is -2.51. The number of nitrogens with one attached hydrogen (secondary N) is 2. The summed E-state index contributed by atoms with van der Waals surface area (Å²) < 4.78 is 9.40. The lowest BCUT2D eigenvalue weighted by Gasteiger charge is -2.26. The molecule has 0 atom stereocenters. The van der Waals surface area contributed by atoms with E-state index >= 15 is 0 Å². The number of ether oxygens (including phenoxy) is 1. The van der Waals surface area contributed by atoms with Crippen LogP contribution in [0.3, 0.4) is 0 Å². The van der Waals surface area contributed by atoms with Crippen molar-refractivity contribution in [1.29, 1.82) is 0 Å². The van der Waals surface area contributed by atoms with E-state index in [4.69, 9.17) is 10.5 Å². The van der Waals surface area contributed by atoms with Crippen LogP contribution in [0.5, 0.6) is 0 Å². The van der Waals surface area contributed by atoms with Gasteiger partial charge in [-0.15, -0.1) is 0 Å². The van der Waals surface area contributed by atoms with Crippen molar-refractivity contribution in [2.24, 2.45) is 5.73 Å². The van der Waals surface area contributed by atoms with Crippen LogP contribution in [0.1, 0.15) is 0 Å². The van der Waals surface area contributed by atoms with Crippen molar-refractivity contribution in [2.75, 3.05) is 37.9 Å². The van der Waals surface area contributed by atoms with E-state index in [1.807, 2.05) is 16.9 Å². The summed E-state index contributed by atoms with van der Waals surface area (Å²) in [5.74, 6) is 0.156. The molecule has 0 radical (unpaired) electrons. The molecule has 0 saturated carbocycles. The van der Waals surface area contributed by atoms with E-state index in [0.717, 1.165) is 55.5 Å². The van der Waals surface area contributed by atoms with Crippen LogP contribution < -0.4 is 20.9 Å². The highest BCUT2D eigenvalue weighted by molar-refractivity contribution is 7.78. The fourth-order valence-electron chi connectivity index (χ4n) is 3.35. The van der Waals surface area contributed by atoms with E-state index in [2.05, 4.69) is 42.9 Å². The molecule has 0 aliphatic carbocycles. The van der Waals surface area contributed by atoms with Gasteiger partial charge in [0.25, 0.3) is 0 Å². The fraction of sp³-hybridized carbons (Fsp3) is 0.316. The summed E-state index contributed by atoms with van der Waals surface area (Å²) in [4.78, 5) is 34.5. The zero-order valence-corrected chi connectivity index (χ0v) is 18.0. The third-order valence-corrected chi connectivity index (χ3v) is 5.18. The highest BCUT2D eigenvalue weighted by Gasteiger charge is 2.18. The lowest BCUT2D eigenvalue weighted by atomic mass is 10.1. The Morgan fingerprint density at radius 3 is 2.72 bits per heavy atom. The Kier molecular flexibility index (Phi) is 6.68. The smallest absolute Gasteiger partial charge is 0.352 e. The van der Waals surface area contributed by atoms with Gasteiger partial charge in [-0.25, -0.2) is 20.0 Å². The number of aromatic nitrogens is 4. The average Bonchev–Trinajstić information content (AvgIpc) is 3.30. The number of rotatable bonds is 5. The minimum absolute atomic E-state index is 0.156. The second-order valence-corrected chi connectivity index (χ2v) is 7.33. The van der Waals surface area contributed by atoms with Gasteiger partial charge in [0.15, 0.2) is 5.82 Å². The number of carbonyl (C=O) groups excluding carboxylic acids is 2. The van der Waals surface area contributed by atoms with Crippen LogP contribution in [-0.4, -0.2) is 69.6 Å². The van der Waals surface area contributed by atoms with Crippen molar-refractivity contribution in [3.8, 4) is 11.1 Å². The molecule has 0 aromatic carbocycles. The second-order valence-electron chi connectivity index (χ2n) is 7.11. The van der Waals surface area contributed by atoms with Gasteiger partial charge in [-0.2, -0.15) is 10.1 Å². The summed E-state index contributed by atoms with van der Waals surface area (Å²) in [5.41, 5.74) is 10.2. The first-order valence-corrected chi connectivity index (χ1v) is 10.4. The van der Waals surface area contributed by atoms with Crippen LogP contribution in [-0.2, 0) is 11.3 Å². The van der Waals surface area contributed by atoms with Crippen LogP contribution in [0, 0.1) is 0 Å². The first kappa shape index (κ1) is 21.8. The van der Waals surface area contributed by atoms with Crippen molar-refractivity contribution < 1.29 is 14.3 Å². The normalized spacial score (nSPS) is 14.3. The molecule has 4 N–H and O–H groups in total. The molecule has 3 aromatic rings. The number of nitrogens with two attached hydrogens (primary N) is 1. The molecule has 1 aliphatic heterocycles. The molecule has 0 bridgehead atoms. The number of hydrogen-bond donors (Lipinski definition) is 4. The molecule has 4 heterocycles. The van der Waals surface area contributed by atoms with E-state index in [-0.39, 0.29) is 5.82 Å². The third kappa shape index (κ3) is 5.07. The number of carbonyl (C=O) groups is 2. The van der Waals surface area contributed by atoms with Gasteiger partial charge in [0.1, 0.15) is 0 Å². The molecular weight excluding hydrogens is 434 g/mol. The summed E-state index contributed by atoms with van der Waals surface area (Å²) in [5, 5.41) is 5.32. The molecular formula is C19H23N9O3S. The minimum Gasteiger partial charge on any atom is -0.379 e. The number of hydrogen-bond acceptors (Lipinski definition) is 8. The maximum Gasteiger partial charge on any atom is 0.352 e. The Morgan fingerprint density at radius 2 is 1.97 bits per heavy atom. The molecule has 1 fully saturated rings. The van der Waals surface area contributed by atoms with Gasteiger partial charge in [-0.05, 0) is 18.2 Å². The van der Waals surface area contributed by atoms with E-state index in [9.17, 15) is 9.59 Å². The third-order valence-electron chi connectivity index (χ3n) is 4.99. The van der Waals surface area contributed by atoms with Crippen molar-refractivity contribution in [1.82, 2.24) is 34.8 Å². The molecule has 3 aromatic heterocycles. The van der Waals surface area contributed by atoms with Gasteiger partial charge < -0.3 is 10.5 Å². The summed E-state index contributed by atoms with van der Waals surface area (Å²) in [6, 6.07) is 3.44. The van der Waals surface area contributed by atoms with E-state index < -0.39 is 12.1 Å². The molecule has 32 heavy (non-hydrogen) atoms. The largest absolute Gasteiger partial charge is 0.379 e. The molecule has 0 unspecified atom stereocenters. The molecule has 1 saturated heterocycles. The van der Waals surface area contributed by atoms with Crippen LogP contribution >= 0.6 is 12.8 Å². The van der Waals surface area contributed by atoms with Gasteiger partial charge in [0, 0.05) is 43.2 Å². The van der Waals surface area contributed by atoms with Crippen molar-refractivity contribution in [2.45, 2.75) is 6.54 Å². The maximum absolute atomic E-state index is 12.0. The van der Waals surface area contributed by atoms with Gasteiger partial charge in [0.05, 0.1) is 37.0 Å². The Morgan fingerprint density at radius 1 is 1.16 bits per heavy atom. The fourth-order valence-corrected chi connectivity index (χ4v) is 3.45. The quantitative estimate of drug-likeness (QED) is 0.327. The van der Waals surface area contributed by atoms with Crippen molar-refractivity contribution in [3.63, 3.8) is 0 Å². The highest BCUT2D eigenvalue weighted by atomic mass is 32.1. The number of anilines is 1. The molecule has 12 nitrogen and oxygen atoms in total. The van der Waals surface area contributed by atoms with Crippen LogP contribution in [0.2, 0.25) is 0 Å². The molecule has 168 valence electrons. The predicted octanol–water partition coefficient (Wildman–Crippen LogP) is 0.770. The number of urea groups is 2. The Labute approximate surface area is 189 Å². The predicted molar refractivity (Wildman–Crippen MR) is 121 cm³/mol. The number of primary amides is 1. The van der Waals surface area contributed by atoms with Gasteiger partial charge in [0.2, 0.25) is 0 Å². The number of nitrogens with zero attached hydrogens (tertiary/aromatic N) is 6. The van der Waals surface area contributed by atoms with Crippen molar-refractivity contribution >= 4 is 41.7 Å². The highest BCUT2D eigenvalue weighted by Crippen LogP contribution is 2.23. The van der Waals surface area contributed by atoms with Crippen LogP contribution in [0.25, 0.3) is 22.2 Å². The molecule has 4 rings (SSSR count). The number of pyridine rings is 2. The zero-order valence-electron chi connectivity index (χ0n) is 17.1. The molecule has 0 spiro atoms.